The number of aromatic nitrogens is 4. The lowest BCUT2D eigenvalue weighted by Crippen LogP contribution is -2.39. The highest BCUT2D eigenvalue weighted by Gasteiger charge is 2.15. The number of carbonyl (C=O) groups is 1. The molecule has 0 aliphatic heterocycles. The van der Waals surface area contributed by atoms with E-state index in [2.05, 4.69) is 15.3 Å². The number of H-pyrrole nitrogens is 1. The molecule has 0 aliphatic rings. The molecule has 9 nitrogen and oxygen atoms in total. The Morgan fingerprint density at radius 2 is 2.12 bits per heavy atom. The highest BCUT2D eigenvalue weighted by Crippen LogP contribution is 2.09. The fourth-order valence-corrected chi connectivity index (χ4v) is 2.83. The van der Waals surface area contributed by atoms with Gasteiger partial charge in [0.1, 0.15) is 0 Å². The number of hydrogen-bond acceptors (Lipinski definition) is 6. The fourth-order valence-electron chi connectivity index (χ4n) is 2.74. The molecule has 0 spiro atoms. The largest absolute Gasteiger partial charge is 0.463 e. The maximum atomic E-state index is 12.6. The summed E-state index contributed by atoms with van der Waals surface area (Å²) in [6.07, 6.45) is 1.84. The third-order valence-electron chi connectivity index (χ3n) is 3.98. The number of alkyl halides is 1. The van der Waals surface area contributed by atoms with Gasteiger partial charge < -0.3 is 15.0 Å². The van der Waals surface area contributed by atoms with Gasteiger partial charge in [-0.3, -0.25) is 18.7 Å². The second-order valence-electron chi connectivity index (χ2n) is 6.11. The summed E-state index contributed by atoms with van der Waals surface area (Å²) in [4.78, 5) is 43.1. The fraction of sp³-hybridized carbons (Fsp3) is 0.625. The van der Waals surface area contributed by atoms with Gasteiger partial charge >= 0.3 is 11.7 Å². The summed E-state index contributed by atoms with van der Waals surface area (Å²) >= 11 is 5.63. The molecule has 2 aromatic heterocycles. The van der Waals surface area contributed by atoms with E-state index in [0.29, 0.717) is 36.9 Å². The minimum atomic E-state index is -0.411. The van der Waals surface area contributed by atoms with Crippen molar-refractivity contribution in [2.45, 2.75) is 45.8 Å². The van der Waals surface area contributed by atoms with E-state index in [9.17, 15) is 14.4 Å². The first-order chi connectivity index (χ1) is 12.3. The van der Waals surface area contributed by atoms with Crippen LogP contribution in [0.25, 0.3) is 11.2 Å². The molecule has 10 heteroatoms. The van der Waals surface area contributed by atoms with Crippen LogP contribution in [0.15, 0.2) is 9.59 Å². The number of fused-ring (bicyclic) bond motifs is 1. The summed E-state index contributed by atoms with van der Waals surface area (Å²) in [5.74, 6) is 0.484. The molecule has 0 bridgehead atoms. The van der Waals surface area contributed by atoms with Crippen LogP contribution in [0.4, 0.5) is 5.95 Å². The average molecular weight is 386 g/mol. The lowest BCUT2D eigenvalue weighted by atomic mass is 10.2. The molecule has 0 aliphatic carbocycles. The number of esters is 1. The van der Waals surface area contributed by atoms with E-state index in [1.807, 2.05) is 6.92 Å². The molecule has 0 saturated carbocycles. The van der Waals surface area contributed by atoms with E-state index < -0.39 is 11.2 Å². The van der Waals surface area contributed by atoms with Gasteiger partial charge in [-0.2, -0.15) is 4.98 Å². The number of nitrogens with zero attached hydrogens (tertiary/aromatic N) is 3. The number of anilines is 1. The Morgan fingerprint density at radius 3 is 2.77 bits per heavy atom. The number of aromatic amines is 1. The van der Waals surface area contributed by atoms with Crippen molar-refractivity contribution in [3.63, 3.8) is 0 Å². The molecular formula is C16H24ClN5O4. The van der Waals surface area contributed by atoms with Gasteiger partial charge in [-0.25, -0.2) is 4.79 Å². The zero-order valence-electron chi connectivity index (χ0n) is 15.2. The Labute approximate surface area is 155 Å². The van der Waals surface area contributed by atoms with Crippen molar-refractivity contribution in [1.82, 2.24) is 19.1 Å². The maximum absolute atomic E-state index is 12.6. The number of aryl methyl sites for hydroxylation is 1. The van der Waals surface area contributed by atoms with Gasteiger partial charge in [0.15, 0.2) is 11.2 Å². The average Bonchev–Trinajstić information content (AvgIpc) is 3.01. The van der Waals surface area contributed by atoms with Crippen molar-refractivity contribution in [3.05, 3.63) is 20.8 Å². The minimum Gasteiger partial charge on any atom is -0.463 e. The van der Waals surface area contributed by atoms with E-state index in [1.165, 1.54) is 16.1 Å². The van der Waals surface area contributed by atoms with E-state index >= 15 is 0 Å². The molecule has 0 aromatic carbocycles. The van der Waals surface area contributed by atoms with Crippen LogP contribution in [0.5, 0.6) is 0 Å². The topological polar surface area (TPSA) is 111 Å². The first-order valence-corrected chi connectivity index (χ1v) is 9.05. The first-order valence-electron chi connectivity index (χ1n) is 8.51. The normalized spacial score (nSPS) is 12.3. The molecule has 0 radical (unpaired) electrons. The van der Waals surface area contributed by atoms with Gasteiger partial charge in [-0.15, -0.1) is 11.6 Å². The molecule has 2 heterocycles. The van der Waals surface area contributed by atoms with Crippen molar-refractivity contribution < 1.29 is 9.53 Å². The Hall–Kier alpha value is -2.29. The van der Waals surface area contributed by atoms with Crippen LogP contribution in [0.1, 0.15) is 33.1 Å². The molecule has 2 N–H and O–H groups in total. The number of nitrogens with one attached hydrogen (secondary N) is 2. The second-order valence-corrected chi connectivity index (χ2v) is 6.49. The summed E-state index contributed by atoms with van der Waals surface area (Å²) in [7, 11) is 1.58. The molecule has 144 valence electrons. The number of halogens is 1. The zero-order chi connectivity index (χ0) is 19.3. The molecular weight excluding hydrogens is 362 g/mol. The third kappa shape index (κ3) is 4.66. The summed E-state index contributed by atoms with van der Waals surface area (Å²) in [5.41, 5.74) is -0.234. The Kier molecular flexibility index (Phi) is 6.84. The number of carbonyl (C=O) groups excluding carboxylic acids is 1. The predicted octanol–water partition coefficient (Wildman–Crippen LogP) is 1.20. The van der Waals surface area contributed by atoms with Crippen LogP contribution in [0.2, 0.25) is 0 Å². The second kappa shape index (κ2) is 8.88. The standard InChI is InChI=1S/C16H24ClN5O4/c1-10(26-11(2)23)6-4-5-9-22-14(24)12-13(21(3)16(22)25)20-15(19-12)18-8-7-17/h10H,4-9H2,1-3H3,(H2,18,19,20). The predicted molar refractivity (Wildman–Crippen MR) is 99.9 cm³/mol. The highest BCUT2D eigenvalue weighted by atomic mass is 35.5. The molecule has 26 heavy (non-hydrogen) atoms. The zero-order valence-corrected chi connectivity index (χ0v) is 15.9. The van der Waals surface area contributed by atoms with Crippen LogP contribution in [0.3, 0.4) is 0 Å². The molecule has 0 saturated heterocycles. The van der Waals surface area contributed by atoms with Gasteiger partial charge in [0, 0.05) is 32.9 Å². The molecule has 0 fully saturated rings. The number of rotatable bonds is 9. The third-order valence-corrected chi connectivity index (χ3v) is 4.16. The maximum Gasteiger partial charge on any atom is 0.332 e. The van der Waals surface area contributed by atoms with Crippen molar-refractivity contribution in [2.24, 2.45) is 7.05 Å². The van der Waals surface area contributed by atoms with Gasteiger partial charge in [0.05, 0.1) is 6.10 Å². The molecule has 0 amide bonds. The minimum absolute atomic E-state index is 0.183. The Bertz CT molecular complexity index is 885. The van der Waals surface area contributed by atoms with Crippen LogP contribution in [-0.4, -0.2) is 43.6 Å². The summed E-state index contributed by atoms with van der Waals surface area (Å²) in [5, 5.41) is 2.95. The van der Waals surface area contributed by atoms with E-state index in [1.54, 1.807) is 7.05 Å². The lowest BCUT2D eigenvalue weighted by molar-refractivity contribution is -0.145. The van der Waals surface area contributed by atoms with Crippen LogP contribution >= 0.6 is 11.6 Å². The van der Waals surface area contributed by atoms with E-state index in [4.69, 9.17) is 16.3 Å². The molecule has 2 aromatic rings. The van der Waals surface area contributed by atoms with Gasteiger partial charge in [-0.1, -0.05) is 0 Å². The summed E-state index contributed by atoms with van der Waals surface area (Å²) < 4.78 is 7.60. The number of hydrogen-bond donors (Lipinski definition) is 2. The number of imidazole rings is 1. The van der Waals surface area contributed by atoms with Crippen molar-refractivity contribution in [2.75, 3.05) is 17.7 Å². The van der Waals surface area contributed by atoms with E-state index in [0.717, 1.165) is 6.42 Å². The van der Waals surface area contributed by atoms with Gasteiger partial charge in [0.2, 0.25) is 5.95 Å². The van der Waals surface area contributed by atoms with Crippen LogP contribution in [-0.2, 0) is 23.1 Å². The SMILES string of the molecule is CC(=O)OC(C)CCCCn1c(=O)c2[nH]c(NCCCl)nc2n(C)c1=O. The van der Waals surface area contributed by atoms with Crippen molar-refractivity contribution in [1.29, 1.82) is 0 Å². The monoisotopic (exact) mass is 385 g/mol. The smallest absolute Gasteiger partial charge is 0.332 e. The van der Waals surface area contributed by atoms with E-state index in [-0.39, 0.29) is 24.1 Å². The van der Waals surface area contributed by atoms with Crippen LogP contribution < -0.4 is 16.6 Å². The number of ether oxygens (including phenoxy) is 1. The van der Waals surface area contributed by atoms with Crippen molar-refractivity contribution >= 4 is 34.7 Å². The summed E-state index contributed by atoms with van der Waals surface area (Å²) in [6.45, 7) is 3.97. The molecule has 1 atom stereocenters. The molecule has 1 unspecified atom stereocenters. The Balaban J connectivity index is 2.13. The lowest BCUT2D eigenvalue weighted by Gasteiger charge is -2.12. The summed E-state index contributed by atoms with van der Waals surface area (Å²) in [6, 6.07) is 0. The highest BCUT2D eigenvalue weighted by molar-refractivity contribution is 6.18. The number of unbranched alkanes of at least 4 members (excludes halogenated alkanes) is 1. The van der Waals surface area contributed by atoms with Crippen LogP contribution in [0, 0.1) is 0 Å². The molecule has 2 rings (SSSR count). The van der Waals surface area contributed by atoms with Gasteiger partial charge in [0.25, 0.3) is 5.56 Å². The van der Waals surface area contributed by atoms with Gasteiger partial charge in [-0.05, 0) is 26.2 Å². The quantitative estimate of drug-likeness (QED) is 0.381. The van der Waals surface area contributed by atoms with Crippen molar-refractivity contribution in [3.8, 4) is 0 Å². The first kappa shape index (κ1) is 20.0. The Morgan fingerprint density at radius 1 is 1.38 bits per heavy atom.